The second-order valence-electron chi connectivity index (χ2n) is 0. The Balaban J connectivity index is 0. The van der Waals surface area contributed by atoms with E-state index in [0.29, 0.717) is 0 Å². The largest absolute Gasteiger partial charge is 3.00 e. The Morgan fingerprint density at radius 1 is 0.556 bits per heavy atom. The summed E-state index contributed by atoms with van der Waals surface area (Å²) in [5.41, 5.74) is 0. The standard InChI is InChI=1S/Fe.La.Ni.5O.Sr/q2*+3;+2;5*-2;+2. The molecule has 0 amide bonds. The van der Waals surface area contributed by atoms with Gasteiger partial charge in [0.05, 0.1) is 0 Å². The Bertz CT molecular complexity index is 16.9. The van der Waals surface area contributed by atoms with E-state index in [1.54, 1.807) is 0 Å². The molecule has 0 unspecified atom stereocenters. The first-order valence-corrected chi connectivity index (χ1v) is 0. The third-order valence-corrected chi connectivity index (χ3v) is 0. The van der Waals surface area contributed by atoms with Gasteiger partial charge in [-0.3, -0.25) is 0 Å². The number of rotatable bonds is 0. The summed E-state index contributed by atoms with van der Waals surface area (Å²) in [6, 6.07) is 0. The molecule has 0 aliphatic carbocycles. The van der Waals surface area contributed by atoms with Gasteiger partial charge in [-0.15, -0.1) is 0 Å². The van der Waals surface area contributed by atoms with Crippen molar-refractivity contribution in [1.29, 1.82) is 0 Å². The van der Waals surface area contributed by atoms with Crippen LogP contribution in [0.2, 0.25) is 0 Å². The zero-order chi connectivity index (χ0) is 0. The van der Waals surface area contributed by atoms with E-state index in [9.17, 15) is 0 Å². The maximum Gasteiger partial charge on any atom is 3.00 e. The Hall–Kier alpha value is 3.49. The van der Waals surface area contributed by atoms with Gasteiger partial charge in [0.1, 0.15) is 0 Å². The molecule has 9 heavy (non-hydrogen) atoms. The summed E-state index contributed by atoms with van der Waals surface area (Å²) in [6.07, 6.45) is 0. The molecule has 0 fully saturated rings. The summed E-state index contributed by atoms with van der Waals surface area (Å²) in [7, 11) is 0. The van der Waals surface area contributed by atoms with E-state index in [2.05, 4.69) is 0 Å². The van der Waals surface area contributed by atoms with Gasteiger partial charge in [-0.05, 0) is 0 Å². The van der Waals surface area contributed by atoms with E-state index < -0.39 is 0 Å². The second-order valence-corrected chi connectivity index (χ2v) is 0. The fraction of sp³-hybridized carbons (Fsp3) is 0. The molecule has 0 aromatic heterocycles. The molecule has 0 spiro atoms. The first-order valence-electron chi connectivity index (χ1n) is 0. The fourth-order valence-electron chi connectivity index (χ4n) is 0. The van der Waals surface area contributed by atoms with E-state index >= 15 is 0 Å². The van der Waals surface area contributed by atoms with Crippen LogP contribution in [0.4, 0.5) is 0 Å². The van der Waals surface area contributed by atoms with E-state index in [-0.39, 0.29) is 142 Å². The van der Waals surface area contributed by atoms with Gasteiger partial charge in [-0.1, -0.05) is 0 Å². The van der Waals surface area contributed by atoms with Gasteiger partial charge in [0.15, 0.2) is 0 Å². The van der Waals surface area contributed by atoms with Crippen molar-refractivity contribution in [3.8, 4) is 0 Å². The van der Waals surface area contributed by atoms with Crippen molar-refractivity contribution >= 4 is 45.5 Å². The van der Waals surface area contributed by atoms with Gasteiger partial charge >= 0.3 is 115 Å². The van der Waals surface area contributed by atoms with Crippen LogP contribution < -0.4 is 0 Å². The van der Waals surface area contributed by atoms with E-state index in [0.717, 1.165) is 0 Å². The molecule has 0 bridgehead atoms. The minimum absolute atomic E-state index is 0. The van der Waals surface area contributed by atoms with Crippen LogP contribution in [-0.2, 0) is 60.9 Å². The zero-order valence-electron chi connectivity index (χ0n) is 4.00. The minimum Gasteiger partial charge on any atom is -2.00 e. The Morgan fingerprint density at radius 2 is 0.556 bits per heavy atom. The molecule has 53 valence electrons. The maximum absolute atomic E-state index is 0. The molecular weight excluding hydrogens is 421 g/mol. The summed E-state index contributed by atoms with van der Waals surface area (Å²) >= 11 is 0. The first-order chi connectivity index (χ1) is 0. The monoisotopic (exact) mass is 421 g/mol. The molecule has 5 nitrogen and oxygen atoms in total. The van der Waals surface area contributed by atoms with Crippen molar-refractivity contribution in [2.75, 3.05) is 0 Å². The molecule has 0 saturated heterocycles. The smallest absolute Gasteiger partial charge is 2.00 e. The molecule has 0 atom stereocenters. The van der Waals surface area contributed by atoms with Crippen LogP contribution in [0.15, 0.2) is 0 Å². The third kappa shape index (κ3) is 85.0. The molecule has 9 heteroatoms. The van der Waals surface area contributed by atoms with Gasteiger partial charge in [0, 0.05) is 0 Å². The van der Waals surface area contributed by atoms with Crippen LogP contribution in [0, 0.1) is 35.6 Å². The van der Waals surface area contributed by atoms with Crippen molar-refractivity contribution < 1.29 is 96.5 Å². The van der Waals surface area contributed by atoms with Gasteiger partial charge in [-0.2, -0.15) is 0 Å². The predicted molar refractivity (Wildman–Crippen MR) is 9.19 cm³/mol. The second kappa shape index (κ2) is 104. The Morgan fingerprint density at radius 3 is 0.556 bits per heavy atom. The van der Waals surface area contributed by atoms with Crippen LogP contribution in [0.3, 0.4) is 0 Å². The molecule has 0 rings (SSSR count). The van der Waals surface area contributed by atoms with Gasteiger partial charge in [-0.25, -0.2) is 0 Å². The number of hydrogen-bond acceptors (Lipinski definition) is 0. The first kappa shape index (κ1) is 135. The summed E-state index contributed by atoms with van der Waals surface area (Å²) in [4.78, 5) is 0. The number of hydrogen-bond donors (Lipinski definition) is 0. The fourth-order valence-corrected chi connectivity index (χ4v) is 0. The molecule has 0 saturated carbocycles. The Kier molecular flexibility index (Phi) is 1560. The van der Waals surface area contributed by atoms with Gasteiger partial charge < -0.3 is 27.4 Å². The van der Waals surface area contributed by atoms with Crippen LogP contribution in [0.1, 0.15) is 0 Å². The van der Waals surface area contributed by atoms with Crippen LogP contribution in [0.25, 0.3) is 0 Å². The van der Waals surface area contributed by atoms with Crippen molar-refractivity contribution in [2.24, 2.45) is 0 Å². The molecule has 0 aromatic carbocycles. The Labute approximate surface area is 139 Å². The topological polar surface area (TPSA) is 142 Å². The quantitative estimate of drug-likeness (QED) is 0.444. The predicted octanol–water partition coefficient (Wildman–Crippen LogP) is -0.980. The minimum atomic E-state index is 0. The summed E-state index contributed by atoms with van der Waals surface area (Å²) < 4.78 is 0. The van der Waals surface area contributed by atoms with Crippen LogP contribution >= 0.6 is 0 Å². The van der Waals surface area contributed by atoms with Crippen molar-refractivity contribution in [3.63, 3.8) is 0 Å². The maximum atomic E-state index is 0. The molecule has 0 N–H and O–H groups in total. The SMILES string of the molecule is [Fe+3].[La+3].[Ni+2].[O-2].[O-2].[O-2].[O-2].[O-2].[Sr+2]. The van der Waals surface area contributed by atoms with E-state index in [1.165, 1.54) is 0 Å². The summed E-state index contributed by atoms with van der Waals surface area (Å²) in [6.45, 7) is 0. The molecule has 0 aliphatic heterocycles. The van der Waals surface area contributed by atoms with E-state index in [4.69, 9.17) is 0 Å². The van der Waals surface area contributed by atoms with Crippen molar-refractivity contribution in [1.82, 2.24) is 0 Å². The van der Waals surface area contributed by atoms with E-state index in [1.807, 2.05) is 0 Å². The summed E-state index contributed by atoms with van der Waals surface area (Å²) in [5.74, 6) is 0. The third-order valence-electron chi connectivity index (χ3n) is 0. The van der Waals surface area contributed by atoms with Crippen LogP contribution in [0.5, 0.6) is 0 Å². The van der Waals surface area contributed by atoms with Gasteiger partial charge in [0.2, 0.25) is 0 Å². The molecular formula is FeLaNiO5Sr. The molecule has 0 aliphatic rings. The molecule has 1 radical (unpaired) electrons. The normalized spacial score (nSPS) is 0. The van der Waals surface area contributed by atoms with Crippen molar-refractivity contribution in [2.45, 2.75) is 0 Å². The zero-order valence-corrected chi connectivity index (χ0v) is 13.2. The van der Waals surface area contributed by atoms with Crippen LogP contribution in [-0.4, -0.2) is 45.5 Å². The van der Waals surface area contributed by atoms with Crippen molar-refractivity contribution in [3.05, 3.63) is 0 Å². The molecule has 0 heterocycles. The average Bonchev–Trinajstić information content (AvgIpc) is 0. The van der Waals surface area contributed by atoms with Gasteiger partial charge in [0.25, 0.3) is 0 Å². The summed E-state index contributed by atoms with van der Waals surface area (Å²) in [5, 5.41) is 0. The molecule has 0 aromatic rings. The average molecular weight is 421 g/mol.